The minimum atomic E-state index is -1.30. The maximum Gasteiger partial charge on any atom is 0.294 e. The summed E-state index contributed by atoms with van der Waals surface area (Å²) < 4.78 is 0. The van der Waals surface area contributed by atoms with E-state index in [0.717, 1.165) is 33.2 Å². The van der Waals surface area contributed by atoms with E-state index in [2.05, 4.69) is 10.5 Å². The van der Waals surface area contributed by atoms with Crippen LogP contribution < -0.4 is 10.3 Å². The summed E-state index contributed by atoms with van der Waals surface area (Å²) in [7, 11) is 0. The molecule has 1 saturated heterocycles. The standard InChI is InChI=1S/C32H21ClN4O6/c33-17-13-14-23(24(15-17)37(42)43)36-30(40)27-26-18-7-1-4-10-21(18)32(28(27)31(36)41,22-11-5-2-8-19(22)26)16-34-35-29(39)20-9-3-6-12-25(20)38/h1-16,26-28,38H,(H,35,39)/b34-16+/t26?,27-,28+,32?/m0/s1. The van der Waals surface area contributed by atoms with E-state index in [0.29, 0.717) is 0 Å². The van der Waals surface area contributed by atoms with Crippen molar-refractivity contribution < 1.29 is 24.4 Å². The second kappa shape index (κ2) is 9.60. The highest BCUT2D eigenvalue weighted by molar-refractivity contribution is 6.31. The van der Waals surface area contributed by atoms with Crippen molar-refractivity contribution in [1.82, 2.24) is 5.43 Å². The van der Waals surface area contributed by atoms with E-state index in [1.54, 1.807) is 12.1 Å². The Hall–Kier alpha value is -5.35. The topological polar surface area (TPSA) is 142 Å². The number of nitrogens with zero attached hydrogens (tertiary/aromatic N) is 3. The molecule has 2 bridgehead atoms. The number of halogens is 1. The van der Waals surface area contributed by atoms with Gasteiger partial charge in [-0.05, 0) is 46.5 Å². The van der Waals surface area contributed by atoms with Gasteiger partial charge in [0.2, 0.25) is 11.8 Å². The predicted octanol–water partition coefficient (Wildman–Crippen LogP) is 4.92. The molecule has 4 aliphatic rings. The molecule has 0 radical (unpaired) electrons. The van der Waals surface area contributed by atoms with Crippen LogP contribution in [0.5, 0.6) is 5.75 Å². The molecule has 2 N–H and O–H groups in total. The van der Waals surface area contributed by atoms with Crippen molar-refractivity contribution >= 4 is 46.9 Å². The lowest BCUT2D eigenvalue weighted by Gasteiger charge is -2.52. The summed E-state index contributed by atoms with van der Waals surface area (Å²) in [5.74, 6) is -4.47. The van der Waals surface area contributed by atoms with E-state index in [4.69, 9.17) is 11.6 Å². The summed E-state index contributed by atoms with van der Waals surface area (Å²) in [5.41, 5.74) is 3.69. The van der Waals surface area contributed by atoms with Crippen molar-refractivity contribution in [2.75, 3.05) is 4.90 Å². The van der Waals surface area contributed by atoms with Gasteiger partial charge in [-0.25, -0.2) is 10.3 Å². The molecule has 0 unspecified atom stereocenters. The van der Waals surface area contributed by atoms with Crippen molar-refractivity contribution in [2.45, 2.75) is 11.3 Å². The zero-order chi connectivity index (χ0) is 30.0. The summed E-state index contributed by atoms with van der Waals surface area (Å²) in [6, 6.07) is 24.7. The molecule has 1 heterocycles. The molecule has 4 aromatic carbocycles. The molecule has 212 valence electrons. The Kier molecular flexibility index (Phi) is 5.93. The number of nitrogens with one attached hydrogen (secondary N) is 1. The number of nitro groups is 1. The first-order valence-electron chi connectivity index (χ1n) is 13.4. The zero-order valence-electron chi connectivity index (χ0n) is 22.2. The second-order valence-corrected chi connectivity index (χ2v) is 11.1. The molecule has 1 aliphatic heterocycles. The fraction of sp³-hybridized carbons (Fsp3) is 0.125. The Balaban J connectivity index is 1.42. The van der Waals surface area contributed by atoms with Crippen molar-refractivity contribution in [3.8, 4) is 5.75 Å². The van der Waals surface area contributed by atoms with Crippen LogP contribution in [-0.4, -0.2) is 34.0 Å². The number of phenolic OH excluding ortho intramolecular Hbond substituents is 1. The lowest BCUT2D eigenvalue weighted by molar-refractivity contribution is -0.384. The molecular formula is C32H21ClN4O6. The van der Waals surface area contributed by atoms with E-state index < -0.39 is 51.5 Å². The van der Waals surface area contributed by atoms with Crippen LogP contribution in [0.25, 0.3) is 0 Å². The van der Waals surface area contributed by atoms with Gasteiger partial charge in [0, 0.05) is 23.2 Å². The first-order valence-corrected chi connectivity index (χ1v) is 13.8. The van der Waals surface area contributed by atoms with Gasteiger partial charge in [-0.1, -0.05) is 72.3 Å². The van der Waals surface area contributed by atoms with Gasteiger partial charge in [-0.3, -0.25) is 24.5 Å². The van der Waals surface area contributed by atoms with E-state index in [-0.39, 0.29) is 22.0 Å². The Bertz CT molecular complexity index is 1880. The van der Waals surface area contributed by atoms with Gasteiger partial charge in [0.25, 0.3) is 11.6 Å². The Morgan fingerprint density at radius 1 is 0.953 bits per heavy atom. The number of aromatic hydroxyl groups is 1. The van der Waals surface area contributed by atoms with Gasteiger partial charge in [0.15, 0.2) is 0 Å². The number of carbonyl (C=O) groups is 3. The third kappa shape index (κ3) is 3.66. The molecule has 3 aliphatic carbocycles. The van der Waals surface area contributed by atoms with Gasteiger partial charge in [0.05, 0.1) is 27.7 Å². The SMILES string of the molecule is O=C(N/N=C/C12c3ccccc3C(c3ccccc31)[C@@H]1C(=O)N(c3ccc(Cl)cc3[N+](=O)[O-])C(=O)[C@@H]12)c1ccccc1O. The summed E-state index contributed by atoms with van der Waals surface area (Å²) in [4.78, 5) is 53.9. The molecule has 1 fully saturated rings. The molecule has 2 atom stereocenters. The van der Waals surface area contributed by atoms with E-state index >= 15 is 0 Å². The molecule has 3 amide bonds. The minimum Gasteiger partial charge on any atom is -0.507 e. The minimum absolute atomic E-state index is 0.0107. The number of rotatable bonds is 5. The average Bonchev–Trinajstić information content (AvgIpc) is 3.28. The highest BCUT2D eigenvalue weighted by atomic mass is 35.5. The van der Waals surface area contributed by atoms with Gasteiger partial charge >= 0.3 is 0 Å². The first kappa shape index (κ1) is 26.5. The molecule has 8 rings (SSSR count). The monoisotopic (exact) mass is 592 g/mol. The van der Waals surface area contributed by atoms with Crippen molar-refractivity contribution in [2.24, 2.45) is 16.9 Å². The number of benzene rings is 4. The fourth-order valence-corrected chi connectivity index (χ4v) is 7.20. The average molecular weight is 593 g/mol. The van der Waals surface area contributed by atoms with Crippen LogP contribution >= 0.6 is 11.6 Å². The molecule has 0 spiro atoms. The summed E-state index contributed by atoms with van der Waals surface area (Å²) in [6.07, 6.45) is 1.47. The maximum absolute atomic E-state index is 14.5. The number of anilines is 1. The van der Waals surface area contributed by atoms with E-state index in [1.807, 2.05) is 48.5 Å². The van der Waals surface area contributed by atoms with Crippen molar-refractivity contribution in [3.63, 3.8) is 0 Å². The van der Waals surface area contributed by atoms with E-state index in [9.17, 15) is 29.6 Å². The molecular weight excluding hydrogens is 572 g/mol. The largest absolute Gasteiger partial charge is 0.507 e. The second-order valence-electron chi connectivity index (χ2n) is 10.6. The lowest BCUT2D eigenvalue weighted by atomic mass is 9.47. The van der Waals surface area contributed by atoms with Crippen LogP contribution in [0.15, 0.2) is 96.1 Å². The smallest absolute Gasteiger partial charge is 0.294 e. The van der Waals surface area contributed by atoms with Crippen LogP contribution in [0.4, 0.5) is 11.4 Å². The zero-order valence-corrected chi connectivity index (χ0v) is 22.9. The maximum atomic E-state index is 14.5. The number of hydrogen-bond donors (Lipinski definition) is 2. The third-order valence-electron chi connectivity index (χ3n) is 8.64. The number of hydrazone groups is 1. The molecule has 10 nitrogen and oxygen atoms in total. The quantitative estimate of drug-likeness (QED) is 0.146. The Labute approximate surface area is 249 Å². The molecule has 11 heteroatoms. The van der Waals surface area contributed by atoms with Crippen LogP contribution in [-0.2, 0) is 15.0 Å². The van der Waals surface area contributed by atoms with Crippen LogP contribution in [0.2, 0.25) is 5.02 Å². The van der Waals surface area contributed by atoms with Gasteiger partial charge in [-0.15, -0.1) is 0 Å². The predicted molar refractivity (Wildman–Crippen MR) is 157 cm³/mol. The number of nitro benzene ring substituents is 1. The number of hydrogen-bond acceptors (Lipinski definition) is 7. The fourth-order valence-electron chi connectivity index (χ4n) is 7.04. The number of phenols is 1. The number of imide groups is 1. The lowest BCUT2D eigenvalue weighted by Crippen LogP contribution is -2.54. The Morgan fingerprint density at radius 2 is 1.58 bits per heavy atom. The van der Waals surface area contributed by atoms with Crippen molar-refractivity contribution in [1.29, 1.82) is 0 Å². The Morgan fingerprint density at radius 3 is 2.23 bits per heavy atom. The van der Waals surface area contributed by atoms with E-state index in [1.165, 1.54) is 30.5 Å². The highest BCUT2D eigenvalue weighted by Gasteiger charge is 2.68. The first-order chi connectivity index (χ1) is 20.8. The van der Waals surface area contributed by atoms with Crippen LogP contribution in [0.3, 0.4) is 0 Å². The van der Waals surface area contributed by atoms with Crippen LogP contribution in [0.1, 0.15) is 38.5 Å². The number of para-hydroxylation sites is 1. The highest BCUT2D eigenvalue weighted by Crippen LogP contribution is 2.64. The molecule has 0 saturated carbocycles. The summed E-state index contributed by atoms with van der Waals surface area (Å²) >= 11 is 6.04. The molecule has 0 aromatic heterocycles. The summed E-state index contributed by atoms with van der Waals surface area (Å²) in [6.45, 7) is 0. The molecule has 43 heavy (non-hydrogen) atoms. The number of amides is 3. The third-order valence-corrected chi connectivity index (χ3v) is 8.88. The van der Waals surface area contributed by atoms with Gasteiger partial charge in [-0.2, -0.15) is 5.10 Å². The molecule has 4 aromatic rings. The summed E-state index contributed by atoms with van der Waals surface area (Å²) in [5, 5.41) is 26.5. The van der Waals surface area contributed by atoms with Crippen LogP contribution in [0, 0.1) is 22.0 Å². The van der Waals surface area contributed by atoms with Gasteiger partial charge in [0.1, 0.15) is 11.4 Å². The number of carbonyl (C=O) groups excluding carboxylic acids is 3. The normalized spacial score (nSPS) is 23.2. The van der Waals surface area contributed by atoms with Crippen molar-refractivity contribution in [3.05, 3.63) is 134 Å². The van der Waals surface area contributed by atoms with Gasteiger partial charge < -0.3 is 5.11 Å².